The number of methoxy groups -OCH3 is 1. The monoisotopic (exact) mass is 492 g/mol. The maximum Gasteiger partial charge on any atom is 0.248 e. The summed E-state index contributed by atoms with van der Waals surface area (Å²) in [7, 11) is 1.24. The third kappa shape index (κ3) is 4.51. The van der Waals surface area contributed by atoms with Crippen molar-refractivity contribution < 1.29 is 44.6 Å². The van der Waals surface area contributed by atoms with Crippen molar-refractivity contribution in [3.05, 3.63) is 35.3 Å². The number of alkyl halides is 1. The number of hydrogen-bond acceptors (Lipinski definition) is 5. The van der Waals surface area contributed by atoms with Crippen molar-refractivity contribution in [2.75, 3.05) is 7.11 Å². The quantitative estimate of drug-likeness (QED) is 0.359. The minimum Gasteiger partial charge on any atom is -0.511 e. The van der Waals surface area contributed by atoms with E-state index in [1.54, 1.807) is 0 Å². The van der Waals surface area contributed by atoms with E-state index in [1.165, 1.54) is 19.3 Å². The molecule has 0 aromatic rings. The molecule has 1 aliphatic heterocycles. The van der Waals surface area contributed by atoms with Crippen LogP contribution in [0, 0.1) is 6.08 Å². The van der Waals surface area contributed by atoms with Crippen LogP contribution in [0.2, 0.25) is 0 Å². The average molecular weight is 492 g/mol. The Morgan fingerprint density at radius 3 is 2.78 bits per heavy atom. The van der Waals surface area contributed by atoms with Crippen LogP contribution < -0.4 is 16.4 Å². The van der Waals surface area contributed by atoms with Gasteiger partial charge in [-0.3, -0.25) is 14.9 Å². The second-order valence-corrected chi connectivity index (χ2v) is 4.78. The van der Waals surface area contributed by atoms with Crippen LogP contribution in [-0.4, -0.2) is 37.0 Å². The molecular weight excluding hydrogens is 477 g/mol. The Labute approximate surface area is 146 Å². The first-order valence-electron chi connectivity index (χ1n) is 6.56. The third-order valence-corrected chi connectivity index (χ3v) is 3.23. The minimum atomic E-state index is -1.69. The van der Waals surface area contributed by atoms with Crippen molar-refractivity contribution in [1.29, 1.82) is 0 Å². The molecule has 1 saturated heterocycles. The molecule has 0 radical (unpaired) electrons. The van der Waals surface area contributed by atoms with Crippen molar-refractivity contribution in [2.24, 2.45) is 5.73 Å². The molecule has 1 aliphatic carbocycles. The number of allylic oxidation sites excluding steroid dienone is 2. The van der Waals surface area contributed by atoms with Gasteiger partial charge in [-0.2, -0.15) is 6.08 Å². The molecule has 4 N–H and O–H groups in total. The molecule has 2 unspecified atom stereocenters. The number of ether oxygens (including phenoxy) is 1. The number of nitrogens with two attached hydrogens (primary N) is 1. The number of imide groups is 1. The van der Waals surface area contributed by atoms with Crippen molar-refractivity contribution in [3.63, 3.8) is 0 Å². The number of rotatable bonds is 3. The molecule has 1 heterocycles. The molecule has 2 rings (SSSR count). The molecule has 23 heavy (non-hydrogen) atoms. The number of amides is 3. The van der Waals surface area contributed by atoms with Gasteiger partial charge >= 0.3 is 0 Å². The smallest absolute Gasteiger partial charge is 0.248 e. The first kappa shape index (κ1) is 19.1. The first-order valence-corrected chi connectivity index (χ1v) is 6.56. The summed E-state index contributed by atoms with van der Waals surface area (Å²) in [5.74, 6) is -1.82. The van der Waals surface area contributed by atoms with Gasteiger partial charge in [-0.05, 0) is 6.42 Å². The van der Waals surface area contributed by atoms with Crippen molar-refractivity contribution in [2.45, 2.75) is 25.1 Å². The van der Waals surface area contributed by atoms with Gasteiger partial charge < -0.3 is 20.6 Å². The van der Waals surface area contributed by atoms with Gasteiger partial charge in [0, 0.05) is 33.2 Å². The van der Waals surface area contributed by atoms with Gasteiger partial charge in [-0.25, -0.2) is 4.39 Å². The summed E-state index contributed by atoms with van der Waals surface area (Å²) in [6.45, 7) is 0. The van der Waals surface area contributed by atoms with E-state index in [2.05, 4.69) is 16.7 Å². The Morgan fingerprint density at radius 2 is 2.17 bits per heavy atom. The molecule has 3 amide bonds. The second-order valence-electron chi connectivity index (χ2n) is 4.78. The fourth-order valence-corrected chi connectivity index (χ4v) is 2.01. The van der Waals surface area contributed by atoms with E-state index < -0.39 is 24.0 Å². The van der Waals surface area contributed by atoms with Crippen molar-refractivity contribution in [1.82, 2.24) is 10.6 Å². The van der Waals surface area contributed by atoms with E-state index in [1.807, 2.05) is 0 Å². The molecule has 2 aliphatic rings. The molecule has 0 spiro atoms. The van der Waals surface area contributed by atoms with Gasteiger partial charge in [-0.1, -0.05) is 6.08 Å². The van der Waals surface area contributed by atoms with Gasteiger partial charge in [0.2, 0.25) is 11.8 Å². The SMILES string of the molecule is COC1=[C-]C(C(=O)NC2CCC(=O)NC2=O)=CC=C(N)C1F.[W]. The molecule has 0 bridgehead atoms. The Hall–Kier alpha value is -1.95. The number of nitrogens with one attached hydrogen (secondary N) is 2. The van der Waals surface area contributed by atoms with E-state index in [4.69, 9.17) is 10.5 Å². The average Bonchev–Trinajstić information content (AvgIpc) is 2.62. The van der Waals surface area contributed by atoms with Crippen LogP contribution in [0.1, 0.15) is 12.8 Å². The predicted molar refractivity (Wildman–Crippen MR) is 73.3 cm³/mol. The molecule has 2 atom stereocenters. The molecule has 7 nitrogen and oxygen atoms in total. The number of carbonyl (C=O) groups excluding carboxylic acids is 3. The van der Waals surface area contributed by atoms with Crippen LogP contribution in [0.5, 0.6) is 0 Å². The normalized spacial score (nSPS) is 24.2. The second kappa shape index (κ2) is 8.06. The number of carbonyl (C=O) groups is 3. The van der Waals surface area contributed by atoms with E-state index in [-0.39, 0.29) is 56.8 Å². The van der Waals surface area contributed by atoms with Crippen LogP contribution >= 0.6 is 0 Å². The van der Waals surface area contributed by atoms with Gasteiger partial charge in [0.1, 0.15) is 5.91 Å². The minimum absolute atomic E-state index is 0. The van der Waals surface area contributed by atoms with Crippen molar-refractivity contribution in [3.8, 4) is 0 Å². The Morgan fingerprint density at radius 1 is 1.48 bits per heavy atom. The summed E-state index contributed by atoms with van der Waals surface area (Å²) in [5.41, 5.74) is 5.35. The topological polar surface area (TPSA) is 111 Å². The molecule has 0 saturated carbocycles. The van der Waals surface area contributed by atoms with Crippen LogP contribution in [0.4, 0.5) is 4.39 Å². The number of hydrogen-bond donors (Lipinski definition) is 3. The predicted octanol–water partition coefficient (Wildman–Crippen LogP) is -0.641. The van der Waals surface area contributed by atoms with Gasteiger partial charge in [0.05, 0.1) is 18.9 Å². The summed E-state index contributed by atoms with van der Waals surface area (Å²) in [6, 6.07) is -0.829. The van der Waals surface area contributed by atoms with E-state index >= 15 is 0 Å². The maximum absolute atomic E-state index is 13.8. The molecule has 0 aromatic heterocycles. The van der Waals surface area contributed by atoms with Crippen LogP contribution in [0.3, 0.4) is 0 Å². The number of piperidine rings is 1. The summed E-state index contributed by atoms with van der Waals surface area (Å²) >= 11 is 0. The van der Waals surface area contributed by atoms with E-state index in [0.717, 1.165) is 0 Å². The molecule has 1 fully saturated rings. The van der Waals surface area contributed by atoms with E-state index in [0.29, 0.717) is 0 Å². The fourth-order valence-electron chi connectivity index (χ4n) is 2.01. The summed E-state index contributed by atoms with van der Waals surface area (Å²) in [6.07, 6.45) is 3.67. The van der Waals surface area contributed by atoms with Gasteiger partial charge in [-0.15, -0.1) is 11.6 Å². The Balaban J connectivity index is 0.00000264. The van der Waals surface area contributed by atoms with Crippen LogP contribution in [-0.2, 0) is 40.2 Å². The summed E-state index contributed by atoms with van der Waals surface area (Å²) in [4.78, 5) is 34.8. The third-order valence-electron chi connectivity index (χ3n) is 3.23. The molecular formula is C14H15FN3O4W-. The van der Waals surface area contributed by atoms with Gasteiger partial charge in [0.25, 0.3) is 0 Å². The Kier molecular flexibility index (Phi) is 6.69. The summed E-state index contributed by atoms with van der Waals surface area (Å²) in [5, 5.41) is 4.60. The zero-order chi connectivity index (χ0) is 16.3. The molecule has 124 valence electrons. The standard InChI is InChI=1S/C14H15FN3O4.W/c1-22-10-6-7(2-3-8(16)12(10)15)13(20)17-9-4-5-11(19)18-14(9)21;/h2-3,9,12H,4-5,16H2,1H3,(H,17,20)(H,18,19,21);/q-1;. The van der Waals surface area contributed by atoms with Crippen LogP contribution in [0.15, 0.2) is 29.2 Å². The zero-order valence-electron chi connectivity index (χ0n) is 12.2. The van der Waals surface area contributed by atoms with Gasteiger partial charge in [0.15, 0.2) is 6.17 Å². The molecule has 0 aromatic carbocycles. The largest absolute Gasteiger partial charge is 0.511 e. The van der Waals surface area contributed by atoms with Crippen LogP contribution in [0.25, 0.3) is 0 Å². The van der Waals surface area contributed by atoms with Crippen molar-refractivity contribution >= 4 is 17.7 Å². The first-order chi connectivity index (χ1) is 10.4. The maximum atomic E-state index is 13.8. The Bertz CT molecular complexity index is 615. The molecule has 9 heteroatoms. The van der Waals surface area contributed by atoms with E-state index in [9.17, 15) is 18.8 Å². The summed E-state index contributed by atoms with van der Waals surface area (Å²) < 4.78 is 18.6. The fraction of sp³-hybridized carbons (Fsp3) is 0.357. The number of halogens is 1. The zero-order valence-corrected chi connectivity index (χ0v) is 15.2.